The number of epoxide rings is 2. The molecule has 3 unspecified atom stereocenters. The average molecular weight is 673 g/mol. The van der Waals surface area contributed by atoms with E-state index in [9.17, 15) is 9.59 Å². The molecule has 276 valence electrons. The van der Waals surface area contributed by atoms with Gasteiger partial charge in [-0.1, -0.05) is 120 Å². The fourth-order valence-electron chi connectivity index (χ4n) is 6.14. The van der Waals surface area contributed by atoms with E-state index in [4.69, 9.17) is 18.9 Å². The van der Waals surface area contributed by atoms with Gasteiger partial charge in [0.1, 0.15) is 25.4 Å². The van der Waals surface area contributed by atoms with Gasteiger partial charge in [0.2, 0.25) is 0 Å². The Kier molecular flexibility index (Phi) is 26.4. The molecule has 2 aliphatic heterocycles. The van der Waals surface area contributed by atoms with Crippen molar-refractivity contribution in [3.63, 3.8) is 0 Å². The zero-order chi connectivity index (χ0) is 34.3. The van der Waals surface area contributed by atoms with Gasteiger partial charge in [0.15, 0.2) is 0 Å². The van der Waals surface area contributed by atoms with Gasteiger partial charge >= 0.3 is 11.9 Å². The van der Waals surface area contributed by atoms with Gasteiger partial charge in [-0.15, -0.1) is 0 Å². The molecule has 0 aliphatic carbocycles. The molecule has 2 rings (SSSR count). The summed E-state index contributed by atoms with van der Waals surface area (Å²) in [7, 11) is 0. The van der Waals surface area contributed by atoms with Crippen molar-refractivity contribution >= 4 is 11.9 Å². The predicted octanol–water partition coefficient (Wildman–Crippen LogP) is 11.3. The molecular weight excluding hydrogens is 600 g/mol. The van der Waals surface area contributed by atoms with Gasteiger partial charge in [-0.2, -0.15) is 0 Å². The summed E-state index contributed by atoms with van der Waals surface area (Å²) >= 11 is 0. The van der Waals surface area contributed by atoms with Crippen molar-refractivity contribution < 1.29 is 28.5 Å². The molecule has 0 bridgehead atoms. The highest BCUT2D eigenvalue weighted by atomic mass is 16.6. The van der Waals surface area contributed by atoms with E-state index < -0.39 is 0 Å². The lowest BCUT2D eigenvalue weighted by Crippen LogP contribution is -2.09. The standard InChI is InChI=1S/C42H72O6/c1-3-5-7-9-11-15-21-27-37(29-23-17-13-19-25-31-41(43)47-35-39-33-45-39)38(28-22-16-12-10-8-6-4-2)30-24-18-14-20-26-32-42(44)48-36-40-34-46-40/h11-12,15-16,27,38-40H,3-10,13-14,17-26,28-36H2,1-2H3/b15-11+,16-12+,37-27-. The van der Waals surface area contributed by atoms with Gasteiger partial charge in [0, 0.05) is 12.8 Å². The van der Waals surface area contributed by atoms with Gasteiger partial charge < -0.3 is 18.9 Å². The van der Waals surface area contributed by atoms with Gasteiger partial charge in [0.25, 0.3) is 0 Å². The molecule has 2 saturated heterocycles. The minimum Gasteiger partial charge on any atom is -0.463 e. The van der Waals surface area contributed by atoms with E-state index in [0.717, 1.165) is 51.7 Å². The second-order valence-electron chi connectivity index (χ2n) is 14.1. The maximum absolute atomic E-state index is 11.9. The van der Waals surface area contributed by atoms with Crippen molar-refractivity contribution in [2.24, 2.45) is 5.92 Å². The van der Waals surface area contributed by atoms with E-state index in [1.165, 1.54) is 109 Å². The molecule has 0 aromatic rings. The molecule has 0 radical (unpaired) electrons. The van der Waals surface area contributed by atoms with Gasteiger partial charge in [-0.3, -0.25) is 9.59 Å². The summed E-state index contributed by atoms with van der Waals surface area (Å²) < 4.78 is 20.8. The minimum absolute atomic E-state index is 0.0792. The second kappa shape index (κ2) is 29.9. The molecule has 0 spiro atoms. The molecule has 0 aromatic heterocycles. The van der Waals surface area contributed by atoms with Crippen molar-refractivity contribution in [1.29, 1.82) is 0 Å². The maximum Gasteiger partial charge on any atom is 0.305 e. The van der Waals surface area contributed by atoms with E-state index in [0.29, 0.717) is 32.0 Å². The summed E-state index contributed by atoms with van der Waals surface area (Å²) in [4.78, 5) is 23.8. The monoisotopic (exact) mass is 673 g/mol. The molecule has 2 aliphatic rings. The fourth-order valence-corrected chi connectivity index (χ4v) is 6.14. The first kappa shape index (κ1) is 42.2. The van der Waals surface area contributed by atoms with Crippen LogP contribution in [0.25, 0.3) is 0 Å². The third kappa shape index (κ3) is 26.0. The Morgan fingerprint density at radius 2 is 1.06 bits per heavy atom. The van der Waals surface area contributed by atoms with Gasteiger partial charge in [-0.05, 0) is 83.0 Å². The van der Waals surface area contributed by atoms with Crippen molar-refractivity contribution in [3.8, 4) is 0 Å². The highest BCUT2D eigenvalue weighted by Crippen LogP contribution is 2.29. The molecule has 0 amide bonds. The van der Waals surface area contributed by atoms with Crippen LogP contribution < -0.4 is 0 Å². The lowest BCUT2D eigenvalue weighted by molar-refractivity contribution is -0.145. The molecule has 2 heterocycles. The topological polar surface area (TPSA) is 77.7 Å². The quantitative estimate of drug-likeness (QED) is 0.0293. The van der Waals surface area contributed by atoms with Crippen molar-refractivity contribution in [2.45, 2.75) is 187 Å². The highest BCUT2D eigenvalue weighted by molar-refractivity contribution is 5.69. The van der Waals surface area contributed by atoms with Crippen LogP contribution in [0.5, 0.6) is 0 Å². The normalized spacial score (nSPS) is 18.1. The second-order valence-corrected chi connectivity index (χ2v) is 14.1. The Morgan fingerprint density at radius 1 is 0.583 bits per heavy atom. The predicted molar refractivity (Wildman–Crippen MR) is 198 cm³/mol. The lowest BCUT2D eigenvalue weighted by atomic mass is 9.85. The Balaban J connectivity index is 1.81. The van der Waals surface area contributed by atoms with Crippen LogP contribution in [0.4, 0.5) is 0 Å². The number of esters is 2. The number of hydrogen-bond acceptors (Lipinski definition) is 6. The van der Waals surface area contributed by atoms with Crippen molar-refractivity contribution in [2.75, 3.05) is 26.4 Å². The van der Waals surface area contributed by atoms with E-state index in [2.05, 4.69) is 44.2 Å². The Labute approximate surface area is 294 Å². The third-order valence-electron chi connectivity index (χ3n) is 9.45. The van der Waals surface area contributed by atoms with Crippen molar-refractivity contribution in [3.05, 3.63) is 36.0 Å². The zero-order valence-electron chi connectivity index (χ0n) is 31.1. The Morgan fingerprint density at radius 3 is 1.60 bits per heavy atom. The highest BCUT2D eigenvalue weighted by Gasteiger charge is 2.24. The van der Waals surface area contributed by atoms with Crippen molar-refractivity contribution in [1.82, 2.24) is 0 Å². The number of allylic oxidation sites excluding steroid dienone is 6. The smallest absolute Gasteiger partial charge is 0.305 e. The summed E-state index contributed by atoms with van der Waals surface area (Å²) in [6.07, 6.45) is 40.9. The summed E-state index contributed by atoms with van der Waals surface area (Å²) in [6, 6.07) is 0. The molecule has 48 heavy (non-hydrogen) atoms. The van der Waals surface area contributed by atoms with Crippen LogP contribution in [0.2, 0.25) is 0 Å². The number of ether oxygens (including phenoxy) is 4. The number of carbonyl (C=O) groups excluding carboxylic acids is 2. The third-order valence-corrected chi connectivity index (χ3v) is 9.45. The molecule has 0 saturated carbocycles. The molecule has 0 aromatic carbocycles. The van der Waals surface area contributed by atoms with Gasteiger partial charge in [0.05, 0.1) is 13.2 Å². The van der Waals surface area contributed by atoms with Crippen LogP contribution in [0.15, 0.2) is 36.0 Å². The summed E-state index contributed by atoms with van der Waals surface area (Å²) in [5.74, 6) is 0.482. The fraction of sp³-hybridized carbons (Fsp3) is 0.810. The Hall–Kier alpha value is -1.92. The van der Waals surface area contributed by atoms with Crippen LogP contribution in [0.3, 0.4) is 0 Å². The molecule has 2 fully saturated rings. The number of rotatable bonds is 34. The molecular formula is C42H72O6. The van der Waals surface area contributed by atoms with E-state index in [1.807, 2.05) is 0 Å². The number of carbonyl (C=O) groups is 2. The van der Waals surface area contributed by atoms with Crippen LogP contribution in [-0.2, 0) is 28.5 Å². The summed E-state index contributed by atoms with van der Waals surface area (Å²) in [5, 5.41) is 0. The maximum atomic E-state index is 11.9. The number of unbranched alkanes of at least 4 members (excludes halogenated alkanes) is 14. The summed E-state index contributed by atoms with van der Waals surface area (Å²) in [5.41, 5.74) is 1.67. The molecule has 6 nitrogen and oxygen atoms in total. The van der Waals surface area contributed by atoms with Crippen LogP contribution in [0.1, 0.15) is 174 Å². The average Bonchev–Trinajstić information content (AvgIpc) is 4.02. The molecule has 3 atom stereocenters. The van der Waals surface area contributed by atoms with Crippen LogP contribution >= 0.6 is 0 Å². The summed E-state index contributed by atoms with van der Waals surface area (Å²) in [6.45, 7) is 6.84. The van der Waals surface area contributed by atoms with E-state index >= 15 is 0 Å². The van der Waals surface area contributed by atoms with E-state index in [1.54, 1.807) is 5.57 Å². The zero-order valence-corrected chi connectivity index (χ0v) is 31.1. The van der Waals surface area contributed by atoms with Crippen LogP contribution in [0, 0.1) is 5.92 Å². The minimum atomic E-state index is -0.0809. The first-order chi connectivity index (χ1) is 23.6. The van der Waals surface area contributed by atoms with Gasteiger partial charge in [-0.25, -0.2) is 0 Å². The lowest BCUT2D eigenvalue weighted by Gasteiger charge is -2.21. The van der Waals surface area contributed by atoms with E-state index in [-0.39, 0.29) is 24.1 Å². The SMILES string of the molecule is CCCCC/C=C/C/C=C(/CCCCCCCC(=O)OCC1CO1)C(CC/C=C/CCCCC)CCCCCCCC(=O)OCC1CO1. The largest absolute Gasteiger partial charge is 0.463 e. The molecule has 0 N–H and O–H groups in total. The van der Waals surface area contributed by atoms with Crippen LogP contribution in [-0.4, -0.2) is 50.6 Å². The first-order valence-electron chi connectivity index (χ1n) is 20.2. The number of hydrogen-bond donors (Lipinski definition) is 0. The Bertz CT molecular complexity index is 885. The molecule has 6 heteroatoms. The first-order valence-corrected chi connectivity index (χ1v) is 20.2.